The third-order valence-electron chi connectivity index (χ3n) is 7.16. The van der Waals surface area contributed by atoms with Crippen molar-refractivity contribution in [2.75, 3.05) is 44.9 Å². The van der Waals surface area contributed by atoms with Gasteiger partial charge in [-0.15, -0.1) is 0 Å². The minimum Gasteiger partial charge on any atom is -0.391 e. The maximum Gasteiger partial charge on any atom is 0.0781 e. The van der Waals surface area contributed by atoms with E-state index in [4.69, 9.17) is 18.9 Å². The summed E-state index contributed by atoms with van der Waals surface area (Å²) in [7, 11) is 0. The van der Waals surface area contributed by atoms with Crippen LogP contribution in [-0.2, 0) is 25.4 Å². The smallest absolute Gasteiger partial charge is 0.0781 e. The number of aliphatic hydroxyl groups is 2. The van der Waals surface area contributed by atoms with Gasteiger partial charge in [0.2, 0.25) is 0 Å². The molecular weight excluding hydrogens is 518 g/mol. The number of aryl methyl sites for hydroxylation is 4. The Bertz CT molecular complexity index is 1010. The first-order valence-corrected chi connectivity index (χ1v) is 15.1. The van der Waals surface area contributed by atoms with Crippen molar-refractivity contribution in [3.8, 4) is 11.1 Å². The first kappa shape index (κ1) is 35.2. The first-order valence-electron chi connectivity index (χ1n) is 15.1. The van der Waals surface area contributed by atoms with Gasteiger partial charge >= 0.3 is 0 Å². The van der Waals surface area contributed by atoms with Gasteiger partial charge in [0.15, 0.2) is 0 Å². The van der Waals surface area contributed by atoms with E-state index in [0.717, 1.165) is 18.5 Å². The molecule has 0 fully saturated rings. The summed E-state index contributed by atoms with van der Waals surface area (Å²) in [4.78, 5) is 0. The molecular formula is C34H55NO6. The van der Waals surface area contributed by atoms with E-state index in [1.165, 1.54) is 38.9 Å². The zero-order valence-corrected chi connectivity index (χ0v) is 26.9. The highest BCUT2D eigenvalue weighted by Gasteiger charge is 2.13. The van der Waals surface area contributed by atoms with Crippen molar-refractivity contribution >= 4 is 5.69 Å². The third-order valence-corrected chi connectivity index (χ3v) is 7.16. The summed E-state index contributed by atoms with van der Waals surface area (Å²) in [6.45, 7) is 21.2. The number of benzene rings is 2. The molecule has 0 bridgehead atoms. The van der Waals surface area contributed by atoms with Crippen LogP contribution in [-0.4, -0.2) is 80.3 Å². The van der Waals surface area contributed by atoms with Gasteiger partial charge in [-0.1, -0.05) is 12.1 Å². The number of hydrogen-bond donors (Lipinski definition) is 3. The summed E-state index contributed by atoms with van der Waals surface area (Å²) >= 11 is 0. The van der Waals surface area contributed by atoms with Crippen LogP contribution in [0.3, 0.4) is 0 Å². The molecule has 0 spiro atoms. The Morgan fingerprint density at radius 3 is 1.73 bits per heavy atom. The van der Waals surface area contributed by atoms with Crippen molar-refractivity contribution in [3.63, 3.8) is 0 Å². The second kappa shape index (κ2) is 17.8. The second-order valence-electron chi connectivity index (χ2n) is 11.7. The average Bonchev–Trinajstić information content (AvgIpc) is 2.89. The van der Waals surface area contributed by atoms with Crippen molar-refractivity contribution in [1.29, 1.82) is 0 Å². The predicted octanol–water partition coefficient (Wildman–Crippen LogP) is 5.93. The first-order chi connectivity index (χ1) is 19.4. The van der Waals surface area contributed by atoms with Crippen molar-refractivity contribution in [3.05, 3.63) is 52.1 Å². The van der Waals surface area contributed by atoms with Crippen LogP contribution in [0.2, 0.25) is 0 Å². The molecule has 0 aliphatic rings. The van der Waals surface area contributed by atoms with Crippen LogP contribution in [0.5, 0.6) is 0 Å². The molecule has 2 rings (SSSR count). The molecule has 7 nitrogen and oxygen atoms in total. The summed E-state index contributed by atoms with van der Waals surface area (Å²) in [6.07, 6.45) is 1.13. The molecule has 5 unspecified atom stereocenters. The summed E-state index contributed by atoms with van der Waals surface area (Å²) in [5.74, 6) is 0. The SMILES string of the molecule is Cc1cc(-c2cc(C)c(NCC(C)OCC(C)OCC(C)O)c(C)c2)cc(C)c1CCC(C)OCCOCC(C)O. The van der Waals surface area contributed by atoms with Crippen molar-refractivity contribution < 1.29 is 29.2 Å². The van der Waals surface area contributed by atoms with Crippen molar-refractivity contribution in [1.82, 2.24) is 0 Å². The number of nitrogens with one attached hydrogen (secondary N) is 1. The lowest BCUT2D eigenvalue weighted by atomic mass is 9.91. The van der Waals surface area contributed by atoms with Crippen LogP contribution < -0.4 is 5.32 Å². The van der Waals surface area contributed by atoms with Crippen LogP contribution >= 0.6 is 0 Å². The number of ether oxygens (including phenoxy) is 4. The lowest BCUT2D eigenvalue weighted by Gasteiger charge is -2.21. The average molecular weight is 574 g/mol. The minimum atomic E-state index is -0.468. The van der Waals surface area contributed by atoms with Gasteiger partial charge in [-0.05, 0) is 126 Å². The molecule has 0 saturated heterocycles. The summed E-state index contributed by atoms with van der Waals surface area (Å²) in [5, 5.41) is 22.2. The maximum atomic E-state index is 9.37. The van der Waals surface area contributed by atoms with Crippen LogP contribution in [0.25, 0.3) is 11.1 Å². The van der Waals surface area contributed by atoms with E-state index < -0.39 is 12.2 Å². The van der Waals surface area contributed by atoms with Gasteiger partial charge in [0.25, 0.3) is 0 Å². The molecule has 0 saturated carbocycles. The van der Waals surface area contributed by atoms with Crippen LogP contribution in [0.1, 0.15) is 68.9 Å². The highest BCUT2D eigenvalue weighted by molar-refractivity contribution is 5.72. The zero-order chi connectivity index (χ0) is 30.5. The highest BCUT2D eigenvalue weighted by Crippen LogP contribution is 2.31. The van der Waals surface area contributed by atoms with Crippen molar-refractivity contribution in [2.24, 2.45) is 0 Å². The number of rotatable bonds is 19. The third kappa shape index (κ3) is 12.8. The minimum absolute atomic E-state index is 0.0282. The van der Waals surface area contributed by atoms with Gasteiger partial charge < -0.3 is 34.5 Å². The molecule has 7 heteroatoms. The van der Waals surface area contributed by atoms with E-state index in [2.05, 4.69) is 71.1 Å². The molecule has 0 heterocycles. The molecule has 3 N–H and O–H groups in total. The fourth-order valence-corrected chi connectivity index (χ4v) is 4.91. The van der Waals surface area contributed by atoms with E-state index >= 15 is 0 Å². The molecule has 2 aromatic carbocycles. The Balaban J connectivity index is 1.94. The number of anilines is 1. The van der Waals surface area contributed by atoms with Gasteiger partial charge in [0.05, 0.1) is 63.6 Å². The molecule has 0 aliphatic heterocycles. The monoisotopic (exact) mass is 573 g/mol. The summed E-state index contributed by atoms with van der Waals surface area (Å²) < 4.78 is 22.8. The van der Waals surface area contributed by atoms with E-state index in [9.17, 15) is 10.2 Å². The van der Waals surface area contributed by atoms with E-state index in [-0.39, 0.29) is 18.3 Å². The predicted molar refractivity (Wildman–Crippen MR) is 168 cm³/mol. The van der Waals surface area contributed by atoms with Gasteiger partial charge in [-0.2, -0.15) is 0 Å². The molecule has 0 aliphatic carbocycles. The number of aliphatic hydroxyl groups excluding tert-OH is 2. The van der Waals surface area contributed by atoms with E-state index in [1.54, 1.807) is 13.8 Å². The topological polar surface area (TPSA) is 89.4 Å². The van der Waals surface area contributed by atoms with Crippen molar-refractivity contribution in [2.45, 2.75) is 106 Å². The Morgan fingerprint density at radius 2 is 1.17 bits per heavy atom. The Morgan fingerprint density at radius 1 is 0.634 bits per heavy atom. The van der Waals surface area contributed by atoms with E-state index in [1.807, 2.05) is 6.92 Å². The molecule has 0 aromatic heterocycles. The Labute approximate surface area is 248 Å². The second-order valence-corrected chi connectivity index (χ2v) is 11.7. The summed E-state index contributed by atoms with van der Waals surface area (Å²) in [5.41, 5.74) is 10.0. The largest absolute Gasteiger partial charge is 0.391 e. The Kier molecular flexibility index (Phi) is 15.3. The molecule has 2 aromatic rings. The normalized spacial score (nSPS) is 15.4. The fraction of sp³-hybridized carbons (Fsp3) is 0.647. The molecule has 0 amide bonds. The fourth-order valence-electron chi connectivity index (χ4n) is 4.91. The molecule has 41 heavy (non-hydrogen) atoms. The number of hydrogen-bond acceptors (Lipinski definition) is 7. The Hall–Kier alpha value is -2.00. The van der Waals surface area contributed by atoms with Crippen LogP contribution in [0, 0.1) is 27.7 Å². The van der Waals surface area contributed by atoms with Gasteiger partial charge in [-0.25, -0.2) is 0 Å². The molecule has 0 radical (unpaired) electrons. The highest BCUT2D eigenvalue weighted by atomic mass is 16.5. The standard InChI is InChI=1S/C34H55NO6/c1-22-14-31(15-23(2)33(22)11-10-28(7)39-13-12-38-19-26(5)36)32-16-24(3)34(25(4)17-32)35-18-29(8)41-21-30(9)40-20-27(6)37/h14-17,26-30,35-37H,10-13,18-21H2,1-9H3. The van der Waals surface area contributed by atoms with Gasteiger partial charge in [0, 0.05) is 12.2 Å². The lowest BCUT2D eigenvalue weighted by molar-refractivity contribution is -0.0502. The molecule has 5 atom stereocenters. The maximum absolute atomic E-state index is 9.37. The van der Waals surface area contributed by atoms with Gasteiger partial charge in [0.1, 0.15) is 0 Å². The van der Waals surface area contributed by atoms with Crippen LogP contribution in [0.15, 0.2) is 24.3 Å². The van der Waals surface area contributed by atoms with Gasteiger partial charge in [-0.3, -0.25) is 0 Å². The molecule has 232 valence electrons. The quantitative estimate of drug-likeness (QED) is 0.180. The van der Waals surface area contributed by atoms with Crippen LogP contribution in [0.4, 0.5) is 5.69 Å². The zero-order valence-electron chi connectivity index (χ0n) is 26.9. The van der Waals surface area contributed by atoms with E-state index in [0.29, 0.717) is 39.6 Å². The lowest BCUT2D eigenvalue weighted by Crippen LogP contribution is -2.27. The summed E-state index contributed by atoms with van der Waals surface area (Å²) in [6, 6.07) is 9.12.